The van der Waals surface area contributed by atoms with Crippen LogP contribution >= 0.6 is 0 Å². The maximum absolute atomic E-state index is 12.7. The molecule has 0 amide bonds. The molecular weight excluding hydrogens is 176 g/mol. The normalized spacial score (nSPS) is 24.7. The van der Waals surface area contributed by atoms with E-state index in [9.17, 15) is 8.78 Å². The third-order valence-electron chi connectivity index (χ3n) is 2.43. The van der Waals surface area contributed by atoms with Crippen LogP contribution < -0.4 is 0 Å². The molecule has 2 nitrogen and oxygen atoms in total. The highest BCUT2D eigenvalue weighted by atomic mass is 19.3. The van der Waals surface area contributed by atoms with E-state index in [2.05, 4.69) is 4.98 Å². The number of aromatic amines is 1. The maximum atomic E-state index is 12.7. The molecule has 0 saturated heterocycles. The third-order valence-corrected chi connectivity index (χ3v) is 2.43. The van der Waals surface area contributed by atoms with Crippen molar-refractivity contribution in [3.63, 3.8) is 0 Å². The summed E-state index contributed by atoms with van der Waals surface area (Å²) >= 11 is 0. The number of H-pyrrole nitrogens is 1. The van der Waals surface area contributed by atoms with Gasteiger partial charge in [0, 0.05) is 31.3 Å². The van der Waals surface area contributed by atoms with Crippen molar-refractivity contribution in [1.29, 1.82) is 0 Å². The summed E-state index contributed by atoms with van der Waals surface area (Å²) in [5.74, 6) is -3.15. The van der Waals surface area contributed by atoms with Crippen molar-refractivity contribution in [2.75, 3.05) is 6.61 Å². The summed E-state index contributed by atoms with van der Waals surface area (Å²) in [5.41, 5.74) is 1.41. The predicted molar refractivity (Wildman–Crippen MR) is 43.9 cm³/mol. The number of halogens is 2. The summed E-state index contributed by atoms with van der Waals surface area (Å²) in [4.78, 5) is 2.87. The van der Waals surface area contributed by atoms with E-state index in [0.717, 1.165) is 5.69 Å². The Morgan fingerprint density at radius 3 is 2.85 bits per heavy atom. The molecule has 0 spiro atoms. The summed E-state index contributed by atoms with van der Waals surface area (Å²) in [6, 6.07) is 1.68. The Kier molecular flexibility index (Phi) is 1.87. The molecule has 1 aromatic heterocycles. The number of hydrogen-bond acceptors (Lipinski definition) is 1. The second-order valence-corrected chi connectivity index (χ2v) is 3.40. The molecule has 1 aromatic rings. The zero-order chi connectivity index (χ0) is 9.47. The molecule has 2 N–H and O–H groups in total. The molecule has 13 heavy (non-hydrogen) atoms. The quantitative estimate of drug-likeness (QED) is 0.741. The molecular formula is C9H11F2NO. The molecule has 0 aromatic carbocycles. The van der Waals surface area contributed by atoms with Gasteiger partial charge in [-0.3, -0.25) is 0 Å². The van der Waals surface area contributed by atoms with Crippen LogP contribution in [0.3, 0.4) is 0 Å². The van der Waals surface area contributed by atoms with E-state index in [1.807, 2.05) is 0 Å². The average molecular weight is 187 g/mol. The highest BCUT2D eigenvalue weighted by Crippen LogP contribution is 2.56. The molecule has 0 bridgehead atoms. The van der Waals surface area contributed by atoms with Crippen LogP contribution in [0.2, 0.25) is 0 Å². The minimum Gasteiger partial charge on any atom is -0.396 e. The fourth-order valence-corrected chi connectivity index (χ4v) is 1.62. The summed E-state index contributed by atoms with van der Waals surface area (Å²) in [7, 11) is 0. The summed E-state index contributed by atoms with van der Waals surface area (Å²) in [6.45, 7) is -0.00813. The molecule has 72 valence electrons. The largest absolute Gasteiger partial charge is 0.396 e. The van der Waals surface area contributed by atoms with E-state index in [1.54, 1.807) is 12.3 Å². The van der Waals surface area contributed by atoms with E-state index >= 15 is 0 Å². The first-order valence-corrected chi connectivity index (χ1v) is 4.30. The zero-order valence-electron chi connectivity index (χ0n) is 7.06. The summed E-state index contributed by atoms with van der Waals surface area (Å²) in [5, 5.41) is 8.69. The lowest BCUT2D eigenvalue weighted by Crippen LogP contribution is -1.98. The highest BCUT2D eigenvalue weighted by molar-refractivity contribution is 5.33. The minimum absolute atomic E-state index is 0.00813. The van der Waals surface area contributed by atoms with Gasteiger partial charge in [0.15, 0.2) is 0 Å². The van der Waals surface area contributed by atoms with Crippen LogP contribution in [0.25, 0.3) is 0 Å². The lowest BCUT2D eigenvalue weighted by Gasteiger charge is -2.00. The first-order chi connectivity index (χ1) is 6.15. The van der Waals surface area contributed by atoms with E-state index in [4.69, 9.17) is 5.11 Å². The molecule has 1 heterocycles. The van der Waals surface area contributed by atoms with Crippen molar-refractivity contribution in [3.8, 4) is 0 Å². The van der Waals surface area contributed by atoms with Gasteiger partial charge in [0.2, 0.25) is 0 Å². The molecule has 1 aliphatic rings. The second-order valence-electron chi connectivity index (χ2n) is 3.40. The predicted octanol–water partition coefficient (Wildman–Crippen LogP) is 1.67. The number of nitrogens with one attached hydrogen (secondary N) is 1. The van der Waals surface area contributed by atoms with Gasteiger partial charge < -0.3 is 10.1 Å². The van der Waals surface area contributed by atoms with Gasteiger partial charge in [0.1, 0.15) is 0 Å². The van der Waals surface area contributed by atoms with Crippen LogP contribution in [-0.4, -0.2) is 22.6 Å². The van der Waals surface area contributed by atoms with E-state index in [1.165, 1.54) is 0 Å². The van der Waals surface area contributed by atoms with Gasteiger partial charge in [-0.1, -0.05) is 0 Å². The SMILES string of the molecule is OCCc1[nH]ccc1C1CC1(F)F. The lowest BCUT2D eigenvalue weighted by atomic mass is 10.1. The molecule has 1 fully saturated rings. The Hall–Kier alpha value is -0.900. The molecule has 1 atom stereocenters. The Morgan fingerprint density at radius 1 is 1.62 bits per heavy atom. The molecule has 1 unspecified atom stereocenters. The smallest absolute Gasteiger partial charge is 0.256 e. The second kappa shape index (κ2) is 2.80. The first kappa shape index (κ1) is 8.69. The molecule has 4 heteroatoms. The van der Waals surface area contributed by atoms with Crippen LogP contribution in [0, 0.1) is 0 Å². The van der Waals surface area contributed by atoms with Crippen molar-refractivity contribution in [2.24, 2.45) is 0 Å². The molecule has 1 saturated carbocycles. The fourth-order valence-electron chi connectivity index (χ4n) is 1.62. The monoisotopic (exact) mass is 187 g/mol. The minimum atomic E-state index is -2.52. The van der Waals surface area contributed by atoms with E-state index in [-0.39, 0.29) is 13.0 Å². The van der Waals surface area contributed by atoms with Crippen LogP contribution in [0.5, 0.6) is 0 Å². The molecule has 1 aliphatic carbocycles. The van der Waals surface area contributed by atoms with Crippen molar-refractivity contribution < 1.29 is 13.9 Å². The van der Waals surface area contributed by atoms with Crippen molar-refractivity contribution >= 4 is 0 Å². The number of aromatic nitrogens is 1. The van der Waals surface area contributed by atoms with Gasteiger partial charge in [-0.05, 0) is 11.6 Å². The van der Waals surface area contributed by atoms with E-state index < -0.39 is 11.8 Å². The standard InChI is InChI=1S/C9H11F2NO/c10-9(11)5-7(9)6-1-3-12-8(6)2-4-13/h1,3,7,12-13H,2,4-5H2. The zero-order valence-corrected chi connectivity index (χ0v) is 7.06. The number of alkyl halides is 2. The Morgan fingerprint density at radius 2 is 2.31 bits per heavy atom. The first-order valence-electron chi connectivity index (χ1n) is 4.30. The van der Waals surface area contributed by atoms with Gasteiger partial charge in [-0.15, -0.1) is 0 Å². The maximum Gasteiger partial charge on any atom is 0.256 e. The average Bonchev–Trinajstić information content (AvgIpc) is 2.52. The van der Waals surface area contributed by atoms with Gasteiger partial charge in [0.25, 0.3) is 5.92 Å². The number of aliphatic hydroxyl groups excluding tert-OH is 1. The summed E-state index contributed by atoms with van der Waals surface area (Å²) in [6.07, 6.45) is 2.02. The lowest BCUT2D eigenvalue weighted by molar-refractivity contribution is 0.112. The number of aliphatic hydroxyl groups is 1. The van der Waals surface area contributed by atoms with Gasteiger partial charge in [-0.2, -0.15) is 0 Å². The molecule has 2 rings (SSSR count). The fraction of sp³-hybridized carbons (Fsp3) is 0.556. The van der Waals surface area contributed by atoms with Crippen molar-refractivity contribution in [2.45, 2.75) is 24.7 Å². The Bertz CT molecular complexity index is 308. The Balaban J connectivity index is 2.17. The highest BCUT2D eigenvalue weighted by Gasteiger charge is 2.58. The molecule has 0 radical (unpaired) electrons. The number of rotatable bonds is 3. The van der Waals surface area contributed by atoms with Crippen LogP contribution in [-0.2, 0) is 6.42 Å². The van der Waals surface area contributed by atoms with Gasteiger partial charge in [-0.25, -0.2) is 8.78 Å². The Labute approximate surface area is 74.6 Å². The summed E-state index contributed by atoms with van der Waals surface area (Å²) < 4.78 is 25.4. The van der Waals surface area contributed by atoms with Gasteiger partial charge in [0.05, 0.1) is 5.92 Å². The van der Waals surface area contributed by atoms with Crippen LogP contribution in [0.15, 0.2) is 12.3 Å². The van der Waals surface area contributed by atoms with Gasteiger partial charge >= 0.3 is 0 Å². The van der Waals surface area contributed by atoms with Crippen molar-refractivity contribution in [1.82, 2.24) is 4.98 Å². The number of hydrogen-bond donors (Lipinski definition) is 2. The third kappa shape index (κ3) is 1.46. The topological polar surface area (TPSA) is 36.0 Å². The molecule has 0 aliphatic heterocycles. The van der Waals surface area contributed by atoms with Crippen LogP contribution in [0.4, 0.5) is 8.78 Å². The van der Waals surface area contributed by atoms with E-state index in [0.29, 0.717) is 12.0 Å². The van der Waals surface area contributed by atoms with Crippen LogP contribution in [0.1, 0.15) is 23.6 Å². The van der Waals surface area contributed by atoms with Crippen molar-refractivity contribution in [3.05, 3.63) is 23.5 Å².